The van der Waals surface area contributed by atoms with Crippen LogP contribution in [-0.4, -0.2) is 18.6 Å². The Balaban J connectivity index is 2.54. The number of hydrogen-bond acceptors (Lipinski definition) is 2. The van der Waals surface area contributed by atoms with Gasteiger partial charge in [-0.05, 0) is 45.5 Å². The molecule has 17 heavy (non-hydrogen) atoms. The number of urea groups is 1. The SMILES string of the molecule is CNCc1ccc(NC(=O)NC(C)(C)C)cc1. The number of benzene rings is 1. The minimum atomic E-state index is -0.226. The van der Waals surface area contributed by atoms with Crippen molar-refractivity contribution in [2.75, 3.05) is 12.4 Å². The molecule has 0 heterocycles. The van der Waals surface area contributed by atoms with Crippen LogP contribution in [-0.2, 0) is 6.54 Å². The molecule has 0 saturated carbocycles. The van der Waals surface area contributed by atoms with Gasteiger partial charge in [-0.3, -0.25) is 0 Å². The van der Waals surface area contributed by atoms with Crippen molar-refractivity contribution in [1.82, 2.24) is 10.6 Å². The van der Waals surface area contributed by atoms with Crippen molar-refractivity contribution in [2.45, 2.75) is 32.9 Å². The lowest BCUT2D eigenvalue weighted by Gasteiger charge is -2.20. The van der Waals surface area contributed by atoms with Crippen molar-refractivity contribution < 1.29 is 4.79 Å². The molecule has 0 unspecified atom stereocenters. The third kappa shape index (κ3) is 5.36. The third-order valence-corrected chi connectivity index (χ3v) is 2.08. The monoisotopic (exact) mass is 235 g/mol. The number of rotatable bonds is 3. The van der Waals surface area contributed by atoms with Crippen LogP contribution >= 0.6 is 0 Å². The second kappa shape index (κ2) is 5.68. The molecule has 0 bridgehead atoms. The van der Waals surface area contributed by atoms with Gasteiger partial charge in [0.2, 0.25) is 0 Å². The average Bonchev–Trinajstić information content (AvgIpc) is 2.18. The number of hydrogen-bond donors (Lipinski definition) is 3. The van der Waals surface area contributed by atoms with E-state index < -0.39 is 0 Å². The predicted molar refractivity (Wildman–Crippen MR) is 71.1 cm³/mol. The molecule has 0 aromatic heterocycles. The van der Waals surface area contributed by atoms with Crippen LogP contribution in [0.3, 0.4) is 0 Å². The van der Waals surface area contributed by atoms with E-state index in [1.165, 1.54) is 5.56 Å². The maximum absolute atomic E-state index is 11.6. The van der Waals surface area contributed by atoms with E-state index in [1.54, 1.807) is 0 Å². The van der Waals surface area contributed by atoms with Crippen molar-refractivity contribution in [3.63, 3.8) is 0 Å². The van der Waals surface area contributed by atoms with E-state index >= 15 is 0 Å². The van der Waals surface area contributed by atoms with Gasteiger partial charge in [-0.1, -0.05) is 12.1 Å². The van der Waals surface area contributed by atoms with Crippen molar-refractivity contribution in [3.05, 3.63) is 29.8 Å². The van der Waals surface area contributed by atoms with Gasteiger partial charge in [-0.15, -0.1) is 0 Å². The summed E-state index contributed by atoms with van der Waals surface area (Å²) in [6.07, 6.45) is 0. The highest BCUT2D eigenvalue weighted by Gasteiger charge is 2.13. The molecule has 1 aromatic rings. The van der Waals surface area contributed by atoms with Gasteiger partial charge < -0.3 is 16.0 Å². The Kier molecular flexibility index (Phi) is 4.52. The summed E-state index contributed by atoms with van der Waals surface area (Å²) in [5, 5.41) is 8.72. The Labute approximate surface area is 103 Å². The maximum Gasteiger partial charge on any atom is 0.319 e. The van der Waals surface area contributed by atoms with E-state index in [0.717, 1.165) is 12.2 Å². The highest BCUT2D eigenvalue weighted by molar-refractivity contribution is 5.89. The van der Waals surface area contributed by atoms with Gasteiger partial charge in [0, 0.05) is 17.8 Å². The minimum Gasteiger partial charge on any atom is -0.333 e. The van der Waals surface area contributed by atoms with Crippen molar-refractivity contribution >= 4 is 11.7 Å². The van der Waals surface area contributed by atoms with Crippen molar-refractivity contribution in [1.29, 1.82) is 0 Å². The second-order valence-corrected chi connectivity index (χ2v) is 5.06. The Bertz CT molecular complexity index is 365. The van der Waals surface area contributed by atoms with Gasteiger partial charge in [0.05, 0.1) is 0 Å². The topological polar surface area (TPSA) is 53.2 Å². The average molecular weight is 235 g/mol. The molecule has 0 radical (unpaired) electrons. The smallest absolute Gasteiger partial charge is 0.319 e. The van der Waals surface area contributed by atoms with Crippen molar-refractivity contribution in [2.24, 2.45) is 0 Å². The molecule has 0 saturated heterocycles. The summed E-state index contributed by atoms with van der Waals surface area (Å²) >= 11 is 0. The van der Waals surface area contributed by atoms with Gasteiger partial charge in [0.15, 0.2) is 0 Å². The fourth-order valence-corrected chi connectivity index (χ4v) is 1.41. The fourth-order valence-electron chi connectivity index (χ4n) is 1.41. The first-order valence-corrected chi connectivity index (χ1v) is 5.73. The molecular formula is C13H21N3O. The van der Waals surface area contributed by atoms with Crippen molar-refractivity contribution in [3.8, 4) is 0 Å². The van der Waals surface area contributed by atoms with Gasteiger partial charge in [-0.25, -0.2) is 4.79 Å². The summed E-state index contributed by atoms with van der Waals surface area (Å²) in [5.41, 5.74) is 1.76. The Hall–Kier alpha value is -1.55. The molecule has 0 aliphatic carbocycles. The first-order valence-electron chi connectivity index (χ1n) is 5.73. The van der Waals surface area contributed by atoms with Crippen LogP contribution in [0.1, 0.15) is 26.3 Å². The third-order valence-electron chi connectivity index (χ3n) is 2.08. The van der Waals surface area contributed by atoms with Gasteiger partial charge in [-0.2, -0.15) is 0 Å². The van der Waals surface area contributed by atoms with E-state index in [9.17, 15) is 4.79 Å². The lowest BCUT2D eigenvalue weighted by molar-refractivity contribution is 0.244. The highest BCUT2D eigenvalue weighted by atomic mass is 16.2. The molecule has 4 nitrogen and oxygen atoms in total. The molecule has 0 aliphatic heterocycles. The van der Waals surface area contributed by atoms with E-state index in [0.29, 0.717) is 0 Å². The second-order valence-electron chi connectivity index (χ2n) is 5.06. The van der Waals surface area contributed by atoms with E-state index in [-0.39, 0.29) is 11.6 Å². The largest absolute Gasteiger partial charge is 0.333 e. The molecule has 0 atom stereocenters. The van der Waals surface area contributed by atoms with Gasteiger partial charge >= 0.3 is 6.03 Å². The van der Waals surface area contributed by atoms with E-state index in [2.05, 4.69) is 16.0 Å². The predicted octanol–water partition coefficient (Wildman–Crippen LogP) is 2.33. The fraction of sp³-hybridized carbons (Fsp3) is 0.462. The molecule has 1 rings (SSSR count). The Morgan fingerprint density at radius 1 is 1.18 bits per heavy atom. The summed E-state index contributed by atoms with van der Waals surface area (Å²) in [6.45, 7) is 6.67. The molecular weight excluding hydrogens is 214 g/mol. The summed E-state index contributed by atoms with van der Waals surface area (Å²) in [5.74, 6) is 0. The highest BCUT2D eigenvalue weighted by Crippen LogP contribution is 2.09. The Morgan fingerprint density at radius 2 is 1.76 bits per heavy atom. The molecule has 2 amide bonds. The number of carbonyl (C=O) groups excluding carboxylic acids is 1. The van der Waals surface area contributed by atoms with E-state index in [1.807, 2.05) is 52.1 Å². The van der Waals surface area contributed by atoms with Gasteiger partial charge in [0.25, 0.3) is 0 Å². The molecule has 4 heteroatoms. The number of amides is 2. The summed E-state index contributed by atoms with van der Waals surface area (Å²) in [4.78, 5) is 11.6. The zero-order valence-corrected chi connectivity index (χ0v) is 10.9. The quantitative estimate of drug-likeness (QED) is 0.753. The number of anilines is 1. The standard InChI is InChI=1S/C13H21N3O/c1-13(2,3)16-12(17)15-11-7-5-10(6-8-11)9-14-4/h5-8,14H,9H2,1-4H3,(H2,15,16,17). The van der Waals surface area contributed by atoms with Crippen LogP contribution in [0.2, 0.25) is 0 Å². The first-order chi connectivity index (χ1) is 7.90. The van der Waals surface area contributed by atoms with Crippen LogP contribution < -0.4 is 16.0 Å². The van der Waals surface area contributed by atoms with Crippen LogP contribution in [0.15, 0.2) is 24.3 Å². The Morgan fingerprint density at radius 3 is 2.24 bits per heavy atom. The summed E-state index contributed by atoms with van der Waals surface area (Å²) < 4.78 is 0. The molecule has 94 valence electrons. The van der Waals surface area contributed by atoms with E-state index in [4.69, 9.17) is 0 Å². The number of carbonyl (C=O) groups is 1. The van der Waals surface area contributed by atoms with Crippen LogP contribution in [0.25, 0.3) is 0 Å². The summed E-state index contributed by atoms with van der Waals surface area (Å²) in [6, 6.07) is 7.59. The summed E-state index contributed by atoms with van der Waals surface area (Å²) in [7, 11) is 1.91. The molecule has 3 N–H and O–H groups in total. The van der Waals surface area contributed by atoms with Crippen LogP contribution in [0.4, 0.5) is 10.5 Å². The lowest BCUT2D eigenvalue weighted by Crippen LogP contribution is -2.43. The normalized spacial score (nSPS) is 11.1. The first kappa shape index (κ1) is 13.5. The molecule has 0 fully saturated rings. The zero-order chi connectivity index (χ0) is 12.9. The maximum atomic E-state index is 11.6. The zero-order valence-electron chi connectivity index (χ0n) is 10.9. The lowest BCUT2D eigenvalue weighted by atomic mass is 10.1. The molecule has 0 spiro atoms. The molecule has 0 aliphatic rings. The van der Waals surface area contributed by atoms with Gasteiger partial charge in [0.1, 0.15) is 0 Å². The van der Waals surface area contributed by atoms with Crippen LogP contribution in [0.5, 0.6) is 0 Å². The minimum absolute atomic E-state index is 0.182. The number of nitrogens with one attached hydrogen (secondary N) is 3. The van der Waals surface area contributed by atoms with Crippen LogP contribution in [0, 0.1) is 0 Å². The molecule has 1 aromatic carbocycles.